The molecule has 0 heterocycles. The van der Waals surface area contributed by atoms with Gasteiger partial charge in [-0.2, -0.15) is 0 Å². The van der Waals surface area contributed by atoms with E-state index in [9.17, 15) is 14.4 Å². The molecule has 0 saturated heterocycles. The van der Waals surface area contributed by atoms with Crippen LogP contribution < -0.4 is 25.4 Å². The minimum atomic E-state index is -1.05. The van der Waals surface area contributed by atoms with Crippen LogP contribution in [-0.4, -0.2) is 31.9 Å². The molecule has 0 saturated carbocycles. The van der Waals surface area contributed by atoms with E-state index in [0.717, 1.165) is 4.90 Å². The van der Waals surface area contributed by atoms with Crippen molar-refractivity contribution in [3.05, 3.63) is 42.5 Å². The van der Waals surface area contributed by atoms with E-state index >= 15 is 0 Å². The predicted molar refractivity (Wildman–Crippen MR) is 97.2 cm³/mol. The van der Waals surface area contributed by atoms with Crippen LogP contribution in [-0.2, 0) is 14.4 Å². The molecule has 0 aliphatic heterocycles. The Balaban J connectivity index is 2.30. The summed E-state index contributed by atoms with van der Waals surface area (Å²) in [7, 11) is 2.89. The van der Waals surface area contributed by atoms with Gasteiger partial charge < -0.3 is 20.5 Å². The van der Waals surface area contributed by atoms with Crippen LogP contribution in [0, 0.1) is 0 Å². The SMILES string of the molecule is COc1ccc(OC)c(NC(=O)C(=O)N(C(C)=O)c2cccc(N)c2)c1. The number of nitrogen functional groups attached to an aromatic ring is 1. The topological polar surface area (TPSA) is 111 Å². The van der Waals surface area contributed by atoms with Crippen LogP contribution in [0.15, 0.2) is 42.5 Å². The summed E-state index contributed by atoms with van der Waals surface area (Å²) >= 11 is 0. The molecule has 0 aromatic heterocycles. The van der Waals surface area contributed by atoms with E-state index in [-0.39, 0.29) is 11.4 Å². The molecule has 136 valence electrons. The van der Waals surface area contributed by atoms with E-state index in [1.165, 1.54) is 39.3 Å². The Morgan fingerprint density at radius 1 is 1.04 bits per heavy atom. The zero-order valence-electron chi connectivity index (χ0n) is 14.6. The van der Waals surface area contributed by atoms with Crippen LogP contribution in [0.2, 0.25) is 0 Å². The van der Waals surface area contributed by atoms with Gasteiger partial charge in [-0.15, -0.1) is 0 Å². The molecular weight excluding hydrogens is 338 g/mol. The van der Waals surface area contributed by atoms with Crippen molar-refractivity contribution in [3.63, 3.8) is 0 Å². The molecule has 3 N–H and O–H groups in total. The largest absolute Gasteiger partial charge is 0.497 e. The molecular formula is C18H19N3O5. The van der Waals surface area contributed by atoms with Crippen molar-refractivity contribution in [2.24, 2.45) is 0 Å². The number of rotatable bonds is 4. The van der Waals surface area contributed by atoms with E-state index in [4.69, 9.17) is 15.2 Å². The van der Waals surface area contributed by atoms with Crippen molar-refractivity contribution in [1.82, 2.24) is 0 Å². The highest BCUT2D eigenvalue weighted by Gasteiger charge is 2.27. The van der Waals surface area contributed by atoms with Crippen molar-refractivity contribution in [1.29, 1.82) is 0 Å². The highest BCUT2D eigenvalue weighted by molar-refractivity contribution is 6.48. The minimum absolute atomic E-state index is 0.204. The number of nitrogens with zero attached hydrogens (tertiary/aromatic N) is 1. The van der Waals surface area contributed by atoms with Crippen LogP contribution in [0.5, 0.6) is 11.5 Å². The van der Waals surface area contributed by atoms with E-state index in [1.54, 1.807) is 24.3 Å². The maximum absolute atomic E-state index is 12.5. The Bertz CT molecular complexity index is 850. The molecule has 2 aromatic carbocycles. The summed E-state index contributed by atoms with van der Waals surface area (Å²) in [5.41, 5.74) is 6.48. The smallest absolute Gasteiger partial charge is 0.323 e. The quantitative estimate of drug-likeness (QED) is 0.638. The summed E-state index contributed by atoms with van der Waals surface area (Å²) in [5.74, 6) is -1.87. The van der Waals surface area contributed by atoms with Gasteiger partial charge in [-0.25, -0.2) is 4.90 Å². The summed E-state index contributed by atoms with van der Waals surface area (Å²) in [6.45, 7) is 1.18. The van der Waals surface area contributed by atoms with E-state index in [0.29, 0.717) is 17.2 Å². The van der Waals surface area contributed by atoms with Crippen LogP contribution in [0.4, 0.5) is 17.1 Å². The Morgan fingerprint density at radius 2 is 1.77 bits per heavy atom. The first-order valence-corrected chi connectivity index (χ1v) is 7.61. The van der Waals surface area contributed by atoms with E-state index in [2.05, 4.69) is 5.32 Å². The molecule has 0 bridgehead atoms. The van der Waals surface area contributed by atoms with Crippen LogP contribution in [0.25, 0.3) is 0 Å². The lowest BCUT2D eigenvalue weighted by Gasteiger charge is -2.19. The van der Waals surface area contributed by atoms with Crippen molar-refractivity contribution in [2.45, 2.75) is 6.92 Å². The monoisotopic (exact) mass is 357 g/mol. The fourth-order valence-corrected chi connectivity index (χ4v) is 2.30. The number of nitrogens with two attached hydrogens (primary N) is 1. The maximum atomic E-state index is 12.5. The van der Waals surface area contributed by atoms with E-state index in [1.807, 2.05) is 0 Å². The number of anilines is 3. The number of carbonyl (C=O) groups is 3. The van der Waals surface area contributed by atoms with Crippen molar-refractivity contribution >= 4 is 34.8 Å². The number of carbonyl (C=O) groups excluding carboxylic acids is 3. The minimum Gasteiger partial charge on any atom is -0.497 e. The number of hydrogen-bond donors (Lipinski definition) is 2. The van der Waals surface area contributed by atoms with Gasteiger partial charge in [0, 0.05) is 18.7 Å². The van der Waals surface area contributed by atoms with Gasteiger partial charge in [0.05, 0.1) is 25.6 Å². The third kappa shape index (κ3) is 4.10. The summed E-state index contributed by atoms with van der Waals surface area (Å²) in [6.07, 6.45) is 0. The number of amides is 3. The molecule has 0 spiro atoms. The molecule has 0 unspecified atom stereocenters. The number of hydrogen-bond acceptors (Lipinski definition) is 6. The predicted octanol–water partition coefficient (Wildman–Crippen LogP) is 1.80. The highest BCUT2D eigenvalue weighted by Crippen LogP contribution is 2.29. The molecule has 0 atom stereocenters. The summed E-state index contributed by atoms with van der Waals surface area (Å²) in [5, 5.41) is 2.44. The van der Waals surface area contributed by atoms with Gasteiger partial charge in [0.25, 0.3) is 0 Å². The van der Waals surface area contributed by atoms with Gasteiger partial charge in [0.15, 0.2) is 0 Å². The van der Waals surface area contributed by atoms with E-state index < -0.39 is 17.7 Å². The van der Waals surface area contributed by atoms with Gasteiger partial charge in [-0.3, -0.25) is 14.4 Å². The van der Waals surface area contributed by atoms with Gasteiger partial charge >= 0.3 is 11.8 Å². The second-order valence-electron chi connectivity index (χ2n) is 5.27. The van der Waals surface area contributed by atoms with Crippen molar-refractivity contribution in [2.75, 3.05) is 30.2 Å². The molecule has 2 aromatic rings. The first-order valence-electron chi connectivity index (χ1n) is 7.61. The fraction of sp³-hybridized carbons (Fsp3) is 0.167. The Labute approximate surface area is 150 Å². The molecule has 2 rings (SSSR count). The van der Waals surface area contributed by atoms with Gasteiger partial charge in [0.2, 0.25) is 5.91 Å². The Kier molecular flexibility index (Phi) is 5.79. The van der Waals surface area contributed by atoms with Crippen molar-refractivity contribution in [3.8, 4) is 11.5 Å². The number of nitrogens with one attached hydrogen (secondary N) is 1. The maximum Gasteiger partial charge on any atom is 0.323 e. The fourth-order valence-electron chi connectivity index (χ4n) is 2.30. The lowest BCUT2D eigenvalue weighted by atomic mass is 10.2. The zero-order valence-corrected chi connectivity index (χ0v) is 14.6. The molecule has 8 heteroatoms. The van der Waals surface area contributed by atoms with Gasteiger partial charge in [0.1, 0.15) is 11.5 Å². The highest BCUT2D eigenvalue weighted by atomic mass is 16.5. The summed E-state index contributed by atoms with van der Waals surface area (Å²) in [4.78, 5) is 37.6. The number of methoxy groups -OCH3 is 2. The van der Waals surface area contributed by atoms with Crippen molar-refractivity contribution < 1.29 is 23.9 Å². The number of imide groups is 1. The molecule has 8 nitrogen and oxygen atoms in total. The third-order valence-electron chi connectivity index (χ3n) is 3.50. The van der Waals surface area contributed by atoms with Gasteiger partial charge in [-0.05, 0) is 30.3 Å². The second-order valence-corrected chi connectivity index (χ2v) is 5.27. The summed E-state index contributed by atoms with van der Waals surface area (Å²) in [6, 6.07) is 10.9. The second kappa shape index (κ2) is 8.02. The lowest BCUT2D eigenvalue weighted by Crippen LogP contribution is -2.42. The van der Waals surface area contributed by atoms with Crippen LogP contribution in [0.1, 0.15) is 6.92 Å². The Morgan fingerprint density at radius 3 is 2.35 bits per heavy atom. The van der Waals surface area contributed by atoms with Crippen LogP contribution in [0.3, 0.4) is 0 Å². The average Bonchev–Trinajstić information content (AvgIpc) is 2.61. The third-order valence-corrected chi connectivity index (χ3v) is 3.50. The zero-order chi connectivity index (χ0) is 19.3. The molecule has 0 aliphatic carbocycles. The Hall–Kier alpha value is -3.55. The molecule has 26 heavy (non-hydrogen) atoms. The normalized spacial score (nSPS) is 9.96. The summed E-state index contributed by atoms with van der Waals surface area (Å²) < 4.78 is 10.2. The van der Waals surface area contributed by atoms with Gasteiger partial charge in [-0.1, -0.05) is 6.07 Å². The lowest BCUT2D eigenvalue weighted by molar-refractivity contribution is -0.136. The molecule has 0 aliphatic rings. The molecule has 0 radical (unpaired) electrons. The number of ether oxygens (including phenoxy) is 2. The first-order chi connectivity index (χ1) is 12.4. The first kappa shape index (κ1) is 18.8. The number of benzene rings is 2. The molecule has 0 fully saturated rings. The molecule has 3 amide bonds. The van der Waals surface area contributed by atoms with Crippen LogP contribution >= 0.6 is 0 Å². The standard InChI is InChI=1S/C18H19N3O5/c1-11(22)21(13-6-4-5-12(19)9-13)18(24)17(23)20-15-10-14(25-2)7-8-16(15)26-3/h4-10H,19H2,1-3H3,(H,20,23). The average molecular weight is 357 g/mol.